The first kappa shape index (κ1) is 10.9. The molecule has 0 unspecified atom stereocenters. The zero-order valence-electron chi connectivity index (χ0n) is 6.98. The molecule has 0 aromatic rings. The van der Waals surface area contributed by atoms with Crippen molar-refractivity contribution in [2.75, 3.05) is 6.61 Å². The first-order valence-corrected chi connectivity index (χ1v) is 4.15. The van der Waals surface area contributed by atoms with Gasteiger partial charge in [-0.25, -0.2) is 0 Å². The van der Waals surface area contributed by atoms with Crippen LogP contribution in [-0.4, -0.2) is 51.1 Å². The van der Waals surface area contributed by atoms with E-state index in [2.05, 4.69) is 0 Å². The van der Waals surface area contributed by atoms with E-state index in [9.17, 15) is 15.0 Å². The molecule has 1 saturated heterocycles. The molecule has 1 heterocycles. The summed E-state index contributed by atoms with van der Waals surface area (Å²) in [5.74, 6) is -0.604. The number of rotatable bonds is 1. The minimum Gasteiger partial charge on any atom is -0.388 e. The fourth-order valence-corrected chi connectivity index (χ4v) is 1.32. The zero-order chi connectivity index (χ0) is 10.2. The van der Waals surface area contributed by atoms with E-state index >= 15 is 0 Å². The molecule has 4 atom stereocenters. The normalized spacial score (nSPS) is 46.1. The van der Waals surface area contributed by atoms with Crippen LogP contribution in [0.3, 0.4) is 0 Å². The maximum Gasteiger partial charge on any atom is 0.228 e. The molecule has 5 nitrogen and oxygen atoms in total. The van der Waals surface area contributed by atoms with E-state index in [1.54, 1.807) is 0 Å². The Balaban J connectivity index is 2.85. The lowest BCUT2D eigenvalue weighted by atomic mass is 9.97. The molecule has 13 heavy (non-hydrogen) atoms. The van der Waals surface area contributed by atoms with Crippen molar-refractivity contribution in [3.8, 4) is 0 Å². The Labute approximate surface area is 79.9 Å². The van der Waals surface area contributed by atoms with Crippen molar-refractivity contribution in [1.82, 2.24) is 0 Å². The van der Waals surface area contributed by atoms with Crippen molar-refractivity contribution in [3.05, 3.63) is 0 Å². The van der Waals surface area contributed by atoms with Crippen molar-refractivity contribution < 1.29 is 24.9 Å². The van der Waals surface area contributed by atoms with Crippen LogP contribution >= 0.6 is 11.6 Å². The second kappa shape index (κ2) is 3.51. The Morgan fingerprint density at radius 3 is 2.54 bits per heavy atom. The lowest BCUT2D eigenvalue weighted by Gasteiger charge is -2.39. The highest BCUT2D eigenvalue weighted by Gasteiger charge is 2.51. The smallest absolute Gasteiger partial charge is 0.228 e. The average molecular weight is 211 g/mol. The monoisotopic (exact) mass is 210 g/mol. The Morgan fingerprint density at radius 1 is 1.54 bits per heavy atom. The van der Waals surface area contributed by atoms with Gasteiger partial charge in [0.2, 0.25) is 5.06 Å². The van der Waals surface area contributed by atoms with Gasteiger partial charge in [-0.2, -0.15) is 0 Å². The number of aliphatic hydroxyl groups is 3. The Morgan fingerprint density at radius 2 is 2.08 bits per heavy atom. The molecule has 0 amide bonds. The number of ketones is 1. The number of carbonyl (C=O) groups excluding carboxylic acids is 1. The van der Waals surface area contributed by atoms with Crippen LogP contribution in [0.5, 0.6) is 0 Å². The third-order valence-electron chi connectivity index (χ3n) is 2.04. The van der Waals surface area contributed by atoms with Crippen LogP contribution in [0.2, 0.25) is 0 Å². The number of carbonyl (C=O) groups is 1. The molecule has 1 aliphatic rings. The van der Waals surface area contributed by atoms with Crippen molar-refractivity contribution in [1.29, 1.82) is 0 Å². The minimum atomic E-state index is -1.93. The quantitative estimate of drug-likeness (QED) is 0.465. The number of alkyl halides is 1. The van der Waals surface area contributed by atoms with Gasteiger partial charge in [0.15, 0.2) is 5.78 Å². The van der Waals surface area contributed by atoms with Crippen LogP contribution in [0.15, 0.2) is 0 Å². The van der Waals surface area contributed by atoms with E-state index in [4.69, 9.17) is 21.4 Å². The summed E-state index contributed by atoms with van der Waals surface area (Å²) in [5.41, 5.74) is 0. The summed E-state index contributed by atoms with van der Waals surface area (Å²) in [4.78, 5) is 11.0. The van der Waals surface area contributed by atoms with Crippen LogP contribution in [0.1, 0.15) is 6.92 Å². The van der Waals surface area contributed by atoms with Crippen LogP contribution in [0.25, 0.3) is 0 Å². The maximum absolute atomic E-state index is 11.0. The summed E-state index contributed by atoms with van der Waals surface area (Å²) in [6.45, 7) is 0.863. The van der Waals surface area contributed by atoms with Crippen molar-refractivity contribution in [2.24, 2.45) is 0 Å². The van der Waals surface area contributed by atoms with E-state index in [-0.39, 0.29) is 6.61 Å². The van der Waals surface area contributed by atoms with E-state index in [1.807, 2.05) is 0 Å². The van der Waals surface area contributed by atoms with Crippen molar-refractivity contribution in [3.63, 3.8) is 0 Å². The molecule has 0 radical (unpaired) electrons. The number of halogens is 1. The lowest BCUT2D eigenvalue weighted by Crippen LogP contribution is -2.60. The second-order valence-corrected chi connectivity index (χ2v) is 3.58. The predicted octanol–water partition coefficient (Wildman–Crippen LogP) is -1.38. The summed E-state index contributed by atoms with van der Waals surface area (Å²) in [5, 5.41) is 25.7. The van der Waals surface area contributed by atoms with Gasteiger partial charge in [0.05, 0.1) is 6.61 Å². The fraction of sp³-hybridized carbons (Fsp3) is 0.857. The van der Waals surface area contributed by atoms with Crippen LogP contribution in [0.4, 0.5) is 0 Å². The molecule has 0 spiro atoms. The number of Topliss-reactive ketones (excluding diaryl/α,β-unsaturated/α-hetero) is 1. The topological polar surface area (TPSA) is 87.0 Å². The Bertz CT molecular complexity index is 221. The van der Waals surface area contributed by atoms with Gasteiger partial charge in [0, 0.05) is 0 Å². The number of ether oxygens (including phenoxy) is 1. The first-order valence-electron chi connectivity index (χ1n) is 3.77. The van der Waals surface area contributed by atoms with Gasteiger partial charge in [-0.15, -0.1) is 0 Å². The molecule has 3 N–H and O–H groups in total. The highest BCUT2D eigenvalue weighted by molar-refractivity contribution is 6.34. The van der Waals surface area contributed by atoms with E-state index in [1.165, 1.54) is 0 Å². The molecule has 1 fully saturated rings. The van der Waals surface area contributed by atoms with Crippen LogP contribution in [0, 0.1) is 0 Å². The lowest BCUT2D eigenvalue weighted by molar-refractivity contribution is -0.203. The summed E-state index contributed by atoms with van der Waals surface area (Å²) < 4.78 is 4.78. The maximum atomic E-state index is 11.0. The number of aliphatic hydroxyl groups excluding tert-OH is 3. The third kappa shape index (κ3) is 1.70. The second-order valence-electron chi connectivity index (χ2n) is 3.01. The Kier molecular flexibility index (Phi) is 2.94. The Hall–Kier alpha value is -0.200. The van der Waals surface area contributed by atoms with Gasteiger partial charge in [-0.1, -0.05) is 11.6 Å². The van der Waals surface area contributed by atoms with Crippen molar-refractivity contribution in [2.45, 2.75) is 30.3 Å². The third-order valence-corrected chi connectivity index (χ3v) is 2.64. The predicted molar refractivity (Wildman–Crippen MR) is 43.2 cm³/mol. The molecule has 1 aliphatic heterocycles. The van der Waals surface area contributed by atoms with Gasteiger partial charge in [-0.05, 0) is 6.92 Å². The van der Waals surface area contributed by atoms with Gasteiger partial charge >= 0.3 is 0 Å². The summed E-state index contributed by atoms with van der Waals surface area (Å²) in [6, 6.07) is 0. The SMILES string of the molecule is CC(=O)[C@]1(Cl)OC[C@@H](O)[C@@H](O)[C@H]1O. The van der Waals surface area contributed by atoms with Crippen LogP contribution < -0.4 is 0 Å². The van der Waals surface area contributed by atoms with E-state index < -0.39 is 29.2 Å². The van der Waals surface area contributed by atoms with Gasteiger partial charge in [0.25, 0.3) is 0 Å². The summed E-state index contributed by atoms with van der Waals surface area (Å²) >= 11 is 5.63. The number of hydrogen-bond donors (Lipinski definition) is 3. The molecule has 1 rings (SSSR count). The molecule has 0 saturated carbocycles. The summed E-state index contributed by atoms with van der Waals surface area (Å²) in [7, 11) is 0. The average Bonchev–Trinajstić information content (AvgIpc) is 2.08. The highest BCUT2D eigenvalue weighted by Crippen LogP contribution is 2.30. The highest BCUT2D eigenvalue weighted by atomic mass is 35.5. The zero-order valence-corrected chi connectivity index (χ0v) is 7.73. The largest absolute Gasteiger partial charge is 0.388 e. The molecule has 0 aromatic heterocycles. The van der Waals surface area contributed by atoms with E-state index in [0.717, 1.165) is 6.92 Å². The number of hydrogen-bond acceptors (Lipinski definition) is 5. The first-order chi connectivity index (χ1) is 5.89. The molecule has 0 aliphatic carbocycles. The van der Waals surface area contributed by atoms with Gasteiger partial charge in [0.1, 0.15) is 18.3 Å². The minimum absolute atomic E-state index is 0.276. The van der Waals surface area contributed by atoms with Gasteiger partial charge < -0.3 is 20.1 Å². The molecule has 0 aromatic carbocycles. The fourth-order valence-electron chi connectivity index (χ4n) is 1.13. The molecule has 76 valence electrons. The standard InChI is InChI=1S/C7H11ClO5/c1-3(9)7(8)6(12)5(11)4(10)2-13-7/h4-6,10-12H,2H2,1H3/t4-,5-,6-,7+/m1/s1. The van der Waals surface area contributed by atoms with Gasteiger partial charge in [-0.3, -0.25) is 4.79 Å². The van der Waals surface area contributed by atoms with E-state index in [0.29, 0.717) is 0 Å². The van der Waals surface area contributed by atoms with Crippen LogP contribution in [-0.2, 0) is 9.53 Å². The molecule has 6 heteroatoms. The molecular weight excluding hydrogens is 200 g/mol. The molecular formula is C7H11ClO5. The summed E-state index contributed by atoms with van der Waals surface area (Å²) in [6.07, 6.45) is -4.30. The van der Waals surface area contributed by atoms with Crippen molar-refractivity contribution >= 4 is 17.4 Å². The molecule has 0 bridgehead atoms.